The Hall–Kier alpha value is -0.120. The zero-order valence-electron chi connectivity index (χ0n) is 6.01. The Balaban J connectivity index is 2.23. The summed E-state index contributed by atoms with van der Waals surface area (Å²) in [5.41, 5.74) is 0. The molecule has 0 aromatic carbocycles. The van der Waals surface area contributed by atoms with Gasteiger partial charge in [-0.3, -0.25) is 5.84 Å². The minimum absolute atomic E-state index is 1.13. The van der Waals surface area contributed by atoms with Crippen molar-refractivity contribution in [2.24, 2.45) is 5.84 Å². The normalized spacial score (nSPS) is 23.0. The van der Waals surface area contributed by atoms with E-state index < -0.39 is 0 Å². The molecule has 0 aromatic rings. The van der Waals surface area contributed by atoms with Gasteiger partial charge in [-0.25, -0.2) is 5.01 Å². The van der Waals surface area contributed by atoms with Gasteiger partial charge in [0.25, 0.3) is 0 Å². The van der Waals surface area contributed by atoms with Crippen LogP contribution >= 0.6 is 0 Å². The highest BCUT2D eigenvalue weighted by Gasteiger charge is 2.10. The molecule has 1 rings (SSSR count). The molecule has 0 amide bonds. The monoisotopic (exact) mass is 129 g/mol. The predicted molar refractivity (Wildman–Crippen MR) is 37.4 cm³/mol. The first-order valence-electron chi connectivity index (χ1n) is 3.54. The van der Waals surface area contributed by atoms with Gasteiger partial charge in [0.05, 0.1) is 0 Å². The molecule has 0 aliphatic carbocycles. The van der Waals surface area contributed by atoms with Crippen LogP contribution in [0.3, 0.4) is 0 Å². The summed E-state index contributed by atoms with van der Waals surface area (Å²) in [6.07, 6.45) is 3.95. The van der Waals surface area contributed by atoms with Gasteiger partial charge in [-0.15, -0.1) is 0 Å². The maximum atomic E-state index is 5.53. The lowest BCUT2D eigenvalue weighted by Crippen LogP contribution is -2.47. The van der Waals surface area contributed by atoms with Crippen molar-refractivity contribution < 1.29 is 0 Å². The quantitative estimate of drug-likeness (QED) is 0.405. The second-order valence-electron chi connectivity index (χ2n) is 2.59. The molecule has 1 aliphatic heterocycles. The van der Waals surface area contributed by atoms with E-state index in [1.807, 2.05) is 7.05 Å². The van der Waals surface area contributed by atoms with Crippen LogP contribution in [0, 0.1) is 0 Å². The van der Waals surface area contributed by atoms with Crippen LogP contribution < -0.4 is 5.84 Å². The molecule has 9 heavy (non-hydrogen) atoms. The fraction of sp³-hybridized carbons (Fsp3) is 1.00. The van der Waals surface area contributed by atoms with Gasteiger partial charge in [-0.05, 0) is 12.8 Å². The molecule has 1 fully saturated rings. The van der Waals surface area contributed by atoms with Crippen molar-refractivity contribution in [1.29, 1.82) is 0 Å². The van der Waals surface area contributed by atoms with Crippen molar-refractivity contribution in [3.8, 4) is 0 Å². The molecule has 0 aromatic heterocycles. The maximum absolute atomic E-state index is 5.53. The lowest BCUT2D eigenvalue weighted by molar-refractivity contribution is -0.0172. The van der Waals surface area contributed by atoms with E-state index in [2.05, 4.69) is 5.01 Å². The molecule has 0 unspecified atom stereocenters. The fourth-order valence-corrected chi connectivity index (χ4v) is 1.19. The number of nitrogens with two attached hydrogens (primary N) is 1. The molecular formula is C6H15N3. The van der Waals surface area contributed by atoms with E-state index in [4.69, 9.17) is 5.84 Å². The third-order valence-corrected chi connectivity index (χ3v) is 1.78. The molecular weight excluding hydrogens is 114 g/mol. The number of hydrazine groups is 2. The van der Waals surface area contributed by atoms with Crippen molar-refractivity contribution in [2.75, 3.05) is 20.1 Å². The van der Waals surface area contributed by atoms with Crippen LogP contribution in [-0.2, 0) is 0 Å². The van der Waals surface area contributed by atoms with E-state index >= 15 is 0 Å². The lowest BCUT2D eigenvalue weighted by atomic mass is 10.2. The van der Waals surface area contributed by atoms with Crippen molar-refractivity contribution in [3.63, 3.8) is 0 Å². The van der Waals surface area contributed by atoms with E-state index in [0.29, 0.717) is 0 Å². The van der Waals surface area contributed by atoms with Gasteiger partial charge in [-0.1, -0.05) is 6.42 Å². The molecule has 0 bridgehead atoms. The zero-order chi connectivity index (χ0) is 6.69. The third kappa shape index (κ3) is 1.93. The van der Waals surface area contributed by atoms with Crippen LogP contribution in [0.2, 0.25) is 0 Å². The fourth-order valence-electron chi connectivity index (χ4n) is 1.19. The summed E-state index contributed by atoms with van der Waals surface area (Å²) >= 11 is 0. The van der Waals surface area contributed by atoms with Crippen LogP contribution in [0.5, 0.6) is 0 Å². The van der Waals surface area contributed by atoms with E-state index in [0.717, 1.165) is 13.1 Å². The summed E-state index contributed by atoms with van der Waals surface area (Å²) < 4.78 is 0. The molecule has 0 spiro atoms. The molecule has 1 saturated heterocycles. The smallest absolute Gasteiger partial charge is 0.0174 e. The van der Waals surface area contributed by atoms with Gasteiger partial charge in [-0.2, -0.15) is 5.12 Å². The van der Waals surface area contributed by atoms with Crippen LogP contribution in [0.4, 0.5) is 0 Å². The second-order valence-corrected chi connectivity index (χ2v) is 2.59. The Kier molecular flexibility index (Phi) is 2.45. The Labute approximate surface area is 56.4 Å². The standard InChI is InChI=1S/C6H15N3/c1-8(7)9-5-3-2-4-6-9/h2-7H2,1H3. The third-order valence-electron chi connectivity index (χ3n) is 1.78. The van der Waals surface area contributed by atoms with Crippen LogP contribution in [0.25, 0.3) is 0 Å². The SMILES string of the molecule is CN(N)N1CCCCC1. The van der Waals surface area contributed by atoms with E-state index in [1.165, 1.54) is 19.3 Å². The van der Waals surface area contributed by atoms with Crippen molar-refractivity contribution in [3.05, 3.63) is 0 Å². The molecule has 2 N–H and O–H groups in total. The number of hydrogen-bond acceptors (Lipinski definition) is 3. The van der Waals surface area contributed by atoms with E-state index in [1.54, 1.807) is 5.12 Å². The summed E-state index contributed by atoms with van der Waals surface area (Å²) in [7, 11) is 1.89. The Bertz CT molecular complexity index is 76.4. The molecule has 0 saturated carbocycles. The van der Waals surface area contributed by atoms with Crippen molar-refractivity contribution >= 4 is 0 Å². The van der Waals surface area contributed by atoms with Gasteiger partial charge >= 0.3 is 0 Å². The second kappa shape index (κ2) is 3.15. The van der Waals surface area contributed by atoms with Gasteiger partial charge in [0.15, 0.2) is 0 Å². The van der Waals surface area contributed by atoms with Crippen LogP contribution in [0.1, 0.15) is 19.3 Å². The zero-order valence-corrected chi connectivity index (χ0v) is 6.01. The van der Waals surface area contributed by atoms with Crippen LogP contribution in [-0.4, -0.2) is 30.3 Å². The highest BCUT2D eigenvalue weighted by molar-refractivity contribution is 4.58. The summed E-state index contributed by atoms with van der Waals surface area (Å²) in [4.78, 5) is 0. The molecule has 1 aliphatic rings. The highest BCUT2D eigenvalue weighted by Crippen LogP contribution is 2.07. The van der Waals surface area contributed by atoms with E-state index in [-0.39, 0.29) is 0 Å². The van der Waals surface area contributed by atoms with Gasteiger partial charge in [0.1, 0.15) is 0 Å². The van der Waals surface area contributed by atoms with Crippen LogP contribution in [0.15, 0.2) is 0 Å². The predicted octanol–water partition coefficient (Wildman–Crippen LogP) is 0.193. The minimum Gasteiger partial charge on any atom is -0.255 e. The molecule has 0 atom stereocenters. The maximum Gasteiger partial charge on any atom is 0.0174 e. The Morgan fingerprint density at radius 1 is 1.22 bits per heavy atom. The number of hydrogen-bond donors (Lipinski definition) is 1. The first kappa shape index (κ1) is 6.99. The number of rotatable bonds is 1. The number of nitrogens with zero attached hydrogens (tertiary/aromatic N) is 2. The topological polar surface area (TPSA) is 32.5 Å². The minimum atomic E-state index is 1.13. The molecule has 0 radical (unpaired) electrons. The number of piperidine rings is 1. The van der Waals surface area contributed by atoms with Gasteiger partial charge in [0, 0.05) is 20.1 Å². The largest absolute Gasteiger partial charge is 0.255 e. The van der Waals surface area contributed by atoms with Gasteiger partial charge in [0.2, 0.25) is 0 Å². The van der Waals surface area contributed by atoms with Gasteiger partial charge < -0.3 is 0 Å². The Morgan fingerprint density at radius 2 is 1.78 bits per heavy atom. The first-order chi connectivity index (χ1) is 4.30. The van der Waals surface area contributed by atoms with Crippen molar-refractivity contribution in [2.45, 2.75) is 19.3 Å². The first-order valence-corrected chi connectivity index (χ1v) is 3.54. The molecule has 54 valence electrons. The van der Waals surface area contributed by atoms with E-state index in [9.17, 15) is 0 Å². The molecule has 3 nitrogen and oxygen atoms in total. The summed E-state index contributed by atoms with van der Waals surface area (Å²) in [5.74, 6) is 5.53. The Morgan fingerprint density at radius 3 is 2.11 bits per heavy atom. The lowest BCUT2D eigenvalue weighted by Gasteiger charge is -2.31. The molecule has 3 heteroatoms. The molecule has 1 heterocycles. The highest BCUT2D eigenvalue weighted by atomic mass is 15.7. The summed E-state index contributed by atoms with van der Waals surface area (Å²) in [6.45, 7) is 2.26. The summed E-state index contributed by atoms with van der Waals surface area (Å²) in [6, 6.07) is 0. The average molecular weight is 129 g/mol. The average Bonchev–Trinajstić information content (AvgIpc) is 1.90. The van der Waals surface area contributed by atoms with Crippen molar-refractivity contribution in [1.82, 2.24) is 10.1 Å². The summed E-state index contributed by atoms with van der Waals surface area (Å²) in [5, 5.41) is 3.86.